The Morgan fingerprint density at radius 2 is 1.81 bits per heavy atom. The lowest BCUT2D eigenvalue weighted by atomic mass is 9.97. The Labute approximate surface area is 181 Å². The van der Waals surface area contributed by atoms with E-state index in [2.05, 4.69) is 10.3 Å². The van der Waals surface area contributed by atoms with E-state index in [0.29, 0.717) is 37.6 Å². The zero-order valence-corrected chi connectivity index (χ0v) is 17.7. The maximum absolute atomic E-state index is 13.1. The van der Waals surface area contributed by atoms with Gasteiger partial charge in [0.15, 0.2) is 11.5 Å². The van der Waals surface area contributed by atoms with E-state index in [9.17, 15) is 9.59 Å². The first-order chi connectivity index (χ1) is 15.0. The predicted molar refractivity (Wildman–Crippen MR) is 119 cm³/mol. The van der Waals surface area contributed by atoms with Crippen LogP contribution < -0.4 is 20.3 Å². The minimum atomic E-state index is -0.400. The van der Waals surface area contributed by atoms with Gasteiger partial charge in [-0.15, -0.1) is 0 Å². The molecule has 0 bridgehead atoms. The third-order valence-electron chi connectivity index (χ3n) is 5.50. The summed E-state index contributed by atoms with van der Waals surface area (Å²) in [6.45, 7) is 4.88. The van der Waals surface area contributed by atoms with Crippen molar-refractivity contribution in [3.8, 4) is 11.5 Å². The van der Waals surface area contributed by atoms with Gasteiger partial charge in [-0.05, 0) is 54.7 Å². The molecule has 1 unspecified atom stereocenters. The molecule has 2 N–H and O–H groups in total. The van der Waals surface area contributed by atoms with E-state index in [-0.39, 0.29) is 17.2 Å². The number of aryl methyl sites for hydroxylation is 2. The molecule has 4 rings (SSSR count). The third-order valence-corrected chi connectivity index (χ3v) is 5.50. The fourth-order valence-corrected chi connectivity index (χ4v) is 3.82. The second-order valence-corrected chi connectivity index (χ2v) is 7.65. The zero-order valence-electron chi connectivity index (χ0n) is 17.7. The number of aromatic amines is 1. The fourth-order valence-electron chi connectivity index (χ4n) is 3.82. The molecule has 6 nitrogen and oxygen atoms in total. The number of ether oxygens (including phenoxy) is 2. The highest BCUT2D eigenvalue weighted by Gasteiger charge is 2.22. The van der Waals surface area contributed by atoms with Crippen molar-refractivity contribution < 1.29 is 14.3 Å². The summed E-state index contributed by atoms with van der Waals surface area (Å²) in [5, 5.41) is 3.06. The van der Waals surface area contributed by atoms with Gasteiger partial charge >= 0.3 is 0 Å². The van der Waals surface area contributed by atoms with Crippen molar-refractivity contribution in [2.45, 2.75) is 32.7 Å². The summed E-state index contributed by atoms with van der Waals surface area (Å²) >= 11 is 0. The molecule has 1 atom stereocenters. The number of hydrogen-bond acceptors (Lipinski definition) is 4. The van der Waals surface area contributed by atoms with Crippen LogP contribution in [-0.4, -0.2) is 24.1 Å². The van der Waals surface area contributed by atoms with E-state index in [1.807, 2.05) is 62.4 Å². The Balaban J connectivity index is 1.66. The Morgan fingerprint density at radius 1 is 1.06 bits per heavy atom. The number of benzene rings is 2. The number of carbonyl (C=O) groups is 1. The van der Waals surface area contributed by atoms with Gasteiger partial charge in [0, 0.05) is 5.69 Å². The summed E-state index contributed by atoms with van der Waals surface area (Å²) in [6.07, 6.45) is 1.28. The lowest BCUT2D eigenvalue weighted by Gasteiger charge is -2.23. The summed E-state index contributed by atoms with van der Waals surface area (Å²) in [6, 6.07) is 16.9. The highest BCUT2D eigenvalue weighted by Crippen LogP contribution is 2.33. The third kappa shape index (κ3) is 4.63. The maximum Gasteiger partial charge on any atom is 0.261 e. The Bertz CT molecular complexity index is 1140. The molecule has 0 saturated heterocycles. The number of pyridine rings is 1. The van der Waals surface area contributed by atoms with Gasteiger partial charge in [0.1, 0.15) is 18.8 Å². The van der Waals surface area contributed by atoms with Gasteiger partial charge in [-0.3, -0.25) is 9.59 Å². The highest BCUT2D eigenvalue weighted by atomic mass is 16.6. The minimum Gasteiger partial charge on any atom is -0.486 e. The van der Waals surface area contributed by atoms with Crippen LogP contribution in [0.4, 0.5) is 0 Å². The molecule has 1 aliphatic rings. The van der Waals surface area contributed by atoms with Gasteiger partial charge in [-0.25, -0.2) is 0 Å². The van der Waals surface area contributed by atoms with Crippen LogP contribution in [0.3, 0.4) is 0 Å². The summed E-state index contributed by atoms with van der Waals surface area (Å²) < 4.78 is 11.3. The van der Waals surface area contributed by atoms with Crippen LogP contribution in [0, 0.1) is 6.92 Å². The molecule has 0 spiro atoms. The molecule has 1 amide bonds. The smallest absolute Gasteiger partial charge is 0.261 e. The molecule has 1 aliphatic heterocycles. The van der Waals surface area contributed by atoms with Crippen LogP contribution in [0.25, 0.3) is 0 Å². The molecule has 0 radical (unpaired) electrons. The molecule has 1 aromatic heterocycles. The van der Waals surface area contributed by atoms with E-state index in [1.54, 1.807) is 6.07 Å². The van der Waals surface area contributed by atoms with E-state index in [0.717, 1.165) is 22.4 Å². The van der Waals surface area contributed by atoms with Crippen LogP contribution in [0.5, 0.6) is 11.5 Å². The Hall–Kier alpha value is -3.54. The molecular weight excluding hydrogens is 392 g/mol. The summed E-state index contributed by atoms with van der Waals surface area (Å²) in [7, 11) is 0. The van der Waals surface area contributed by atoms with Crippen molar-refractivity contribution in [2.75, 3.05) is 13.2 Å². The van der Waals surface area contributed by atoms with Crippen LogP contribution in [-0.2, 0) is 12.8 Å². The SMILES string of the molecule is CCc1[nH]c(=O)c(C(=O)NC(Cc2ccccc2)c2ccc3c(c2)OCCO3)cc1C. The van der Waals surface area contributed by atoms with Crippen molar-refractivity contribution in [2.24, 2.45) is 0 Å². The Morgan fingerprint density at radius 3 is 2.55 bits per heavy atom. The van der Waals surface area contributed by atoms with Crippen molar-refractivity contribution in [3.63, 3.8) is 0 Å². The first-order valence-electron chi connectivity index (χ1n) is 10.5. The number of carbonyl (C=O) groups excluding carboxylic acids is 1. The van der Waals surface area contributed by atoms with Crippen molar-refractivity contribution in [1.29, 1.82) is 0 Å². The molecule has 0 saturated carbocycles. The number of hydrogen-bond donors (Lipinski definition) is 2. The van der Waals surface area contributed by atoms with Crippen LogP contribution in [0.1, 0.15) is 45.7 Å². The lowest BCUT2D eigenvalue weighted by molar-refractivity contribution is 0.0934. The summed E-state index contributed by atoms with van der Waals surface area (Å²) in [5.74, 6) is 0.960. The molecule has 6 heteroatoms. The Kier molecular flexibility index (Phi) is 6.07. The summed E-state index contributed by atoms with van der Waals surface area (Å²) in [4.78, 5) is 28.4. The molecule has 3 aromatic rings. The number of aromatic nitrogens is 1. The molecule has 31 heavy (non-hydrogen) atoms. The second kappa shape index (κ2) is 9.08. The van der Waals surface area contributed by atoms with Gasteiger partial charge in [-0.2, -0.15) is 0 Å². The molecule has 0 fully saturated rings. The van der Waals surface area contributed by atoms with Crippen LogP contribution >= 0.6 is 0 Å². The van der Waals surface area contributed by atoms with Crippen molar-refractivity contribution in [1.82, 2.24) is 10.3 Å². The van der Waals surface area contributed by atoms with E-state index in [1.165, 1.54) is 0 Å². The molecule has 160 valence electrons. The molecule has 2 aromatic carbocycles. The van der Waals surface area contributed by atoms with Gasteiger partial charge < -0.3 is 19.8 Å². The average molecular weight is 418 g/mol. The highest BCUT2D eigenvalue weighted by molar-refractivity contribution is 5.94. The number of H-pyrrole nitrogens is 1. The number of fused-ring (bicyclic) bond motifs is 1. The number of amides is 1. The zero-order chi connectivity index (χ0) is 21.8. The summed E-state index contributed by atoms with van der Waals surface area (Å²) in [5.41, 5.74) is 3.44. The molecular formula is C25H26N2O4. The van der Waals surface area contributed by atoms with Crippen molar-refractivity contribution in [3.05, 3.63) is 92.9 Å². The first-order valence-corrected chi connectivity index (χ1v) is 10.5. The van der Waals surface area contributed by atoms with E-state index in [4.69, 9.17) is 9.47 Å². The second-order valence-electron chi connectivity index (χ2n) is 7.65. The van der Waals surface area contributed by atoms with Crippen LogP contribution in [0.15, 0.2) is 59.4 Å². The largest absolute Gasteiger partial charge is 0.486 e. The lowest BCUT2D eigenvalue weighted by Crippen LogP contribution is -2.34. The molecule has 0 aliphatic carbocycles. The monoisotopic (exact) mass is 418 g/mol. The first kappa shape index (κ1) is 20.7. The quantitative estimate of drug-likeness (QED) is 0.639. The van der Waals surface area contributed by atoms with Crippen LogP contribution in [0.2, 0.25) is 0 Å². The van der Waals surface area contributed by atoms with Crippen molar-refractivity contribution >= 4 is 5.91 Å². The van der Waals surface area contributed by atoms with E-state index < -0.39 is 5.91 Å². The predicted octanol–water partition coefficient (Wildman–Crippen LogP) is 3.73. The maximum atomic E-state index is 13.1. The topological polar surface area (TPSA) is 80.4 Å². The van der Waals surface area contributed by atoms with E-state index >= 15 is 0 Å². The normalized spacial score (nSPS) is 13.5. The standard InChI is InChI=1S/C25H26N2O4/c1-3-20-16(2)13-19(24(28)26-20)25(29)27-21(14-17-7-5-4-6-8-17)18-9-10-22-23(15-18)31-12-11-30-22/h4-10,13,15,21H,3,11-12,14H2,1-2H3,(H,26,28)(H,27,29). The number of rotatable bonds is 6. The number of nitrogens with one attached hydrogen (secondary N) is 2. The average Bonchev–Trinajstić information content (AvgIpc) is 2.80. The molecule has 2 heterocycles. The van der Waals surface area contributed by atoms with Gasteiger partial charge in [0.2, 0.25) is 0 Å². The fraction of sp³-hybridized carbons (Fsp3) is 0.280. The minimum absolute atomic E-state index is 0.116. The van der Waals surface area contributed by atoms with Gasteiger partial charge in [0.25, 0.3) is 11.5 Å². The van der Waals surface area contributed by atoms with Gasteiger partial charge in [0.05, 0.1) is 6.04 Å². The van der Waals surface area contributed by atoms with Gasteiger partial charge in [-0.1, -0.05) is 43.3 Å².